The van der Waals surface area contributed by atoms with Crippen LogP contribution in [0.15, 0.2) is 97.2 Å². The van der Waals surface area contributed by atoms with Crippen molar-refractivity contribution in [1.29, 1.82) is 0 Å². The number of pyridine rings is 1. The Labute approximate surface area is 300 Å². The third-order valence-corrected chi connectivity index (χ3v) is 11.7. The van der Waals surface area contributed by atoms with E-state index < -0.39 is 8.07 Å². The fourth-order valence-corrected chi connectivity index (χ4v) is 8.54. The highest BCUT2D eigenvalue weighted by molar-refractivity contribution is 6.89. The minimum atomic E-state index is -1.55. The van der Waals surface area contributed by atoms with Gasteiger partial charge in [0, 0.05) is 28.6 Å². The fraction of sp³-hybridized carbons (Fsp3) is 0.333. The van der Waals surface area contributed by atoms with Crippen LogP contribution in [-0.2, 0) is 17.3 Å². The highest BCUT2D eigenvalue weighted by atomic mass is 28.3. The molecule has 0 radical (unpaired) electrons. The van der Waals surface area contributed by atoms with Gasteiger partial charge in [0.15, 0.2) is 0 Å². The summed E-state index contributed by atoms with van der Waals surface area (Å²) < 4.78 is 2.20. The molecule has 6 aromatic rings. The van der Waals surface area contributed by atoms with Crippen LogP contribution < -0.4 is 5.19 Å². The van der Waals surface area contributed by atoms with Gasteiger partial charge in [0.2, 0.25) is 0 Å². The Morgan fingerprint density at radius 2 is 1.42 bits per heavy atom. The second kappa shape index (κ2) is 13.0. The van der Waals surface area contributed by atoms with Crippen LogP contribution >= 0.6 is 0 Å². The number of aromatic nitrogens is 3. The van der Waals surface area contributed by atoms with Gasteiger partial charge in [0.1, 0.15) is 11.6 Å². The van der Waals surface area contributed by atoms with Gasteiger partial charge >= 0.3 is 0 Å². The Balaban J connectivity index is 1.59. The molecule has 1 N–H and O–H groups in total. The van der Waals surface area contributed by atoms with E-state index in [0.29, 0.717) is 5.92 Å². The van der Waals surface area contributed by atoms with E-state index in [1.807, 2.05) is 6.07 Å². The molecule has 0 atom stereocenters. The molecule has 0 bridgehead atoms. The predicted octanol–water partition coefficient (Wildman–Crippen LogP) is 11.5. The van der Waals surface area contributed by atoms with E-state index in [1.54, 1.807) is 0 Å². The Morgan fingerprint density at radius 3 is 2.06 bits per heavy atom. The van der Waals surface area contributed by atoms with E-state index >= 15 is 0 Å². The predicted molar refractivity (Wildman–Crippen MR) is 216 cm³/mol. The molecule has 0 spiro atoms. The Hall–Kier alpha value is -4.48. The van der Waals surface area contributed by atoms with Crippen LogP contribution in [0.2, 0.25) is 19.6 Å². The quantitative estimate of drug-likeness (QED) is 0.171. The number of para-hydroxylation sites is 2. The van der Waals surface area contributed by atoms with Crippen molar-refractivity contribution >= 4 is 24.3 Å². The topological polar surface area (TPSA) is 50.9 Å². The first-order valence-electron chi connectivity index (χ1n) is 18.0. The lowest BCUT2D eigenvalue weighted by atomic mass is 9.79. The minimum absolute atomic E-state index is 0.117. The molecule has 4 nitrogen and oxygen atoms in total. The molecule has 0 saturated carbocycles. The molecule has 0 saturated heterocycles. The monoisotopic (exact) mass is 679 g/mol. The lowest BCUT2D eigenvalue weighted by Crippen LogP contribution is -2.40. The molecule has 0 amide bonds. The third-order valence-electron chi connectivity index (χ3n) is 9.62. The van der Waals surface area contributed by atoms with E-state index in [1.165, 1.54) is 16.3 Å². The lowest BCUT2D eigenvalue weighted by Gasteiger charge is -2.27. The van der Waals surface area contributed by atoms with Crippen LogP contribution in [0, 0.1) is 5.92 Å². The first kappa shape index (κ1) is 35.3. The van der Waals surface area contributed by atoms with Gasteiger partial charge in [-0.3, -0.25) is 9.55 Å². The van der Waals surface area contributed by atoms with E-state index in [-0.39, 0.29) is 16.6 Å². The molecular weight excluding hydrogens is 627 g/mol. The summed E-state index contributed by atoms with van der Waals surface area (Å²) in [6, 6.07) is 32.1. The summed E-state index contributed by atoms with van der Waals surface area (Å²) >= 11 is 0. The second-order valence-corrected chi connectivity index (χ2v) is 22.4. The van der Waals surface area contributed by atoms with Crippen molar-refractivity contribution in [2.45, 2.75) is 92.3 Å². The first-order valence-corrected chi connectivity index (χ1v) is 21.5. The average molecular weight is 680 g/mol. The van der Waals surface area contributed by atoms with Gasteiger partial charge in [-0.2, -0.15) is 0 Å². The second-order valence-electron chi connectivity index (χ2n) is 17.4. The van der Waals surface area contributed by atoms with E-state index in [4.69, 9.17) is 9.97 Å². The van der Waals surface area contributed by atoms with Gasteiger partial charge in [-0.1, -0.05) is 130 Å². The van der Waals surface area contributed by atoms with Crippen LogP contribution in [0.4, 0.5) is 0 Å². The molecule has 6 rings (SSSR count). The molecule has 5 heteroatoms. The molecule has 0 unspecified atom stereocenters. The summed E-state index contributed by atoms with van der Waals surface area (Å²) in [6.07, 6.45) is 3.19. The average Bonchev–Trinajstić information content (AvgIpc) is 3.43. The van der Waals surface area contributed by atoms with Gasteiger partial charge in [-0.15, -0.1) is 0 Å². The number of phenolic OH excluding ortho intramolecular Hbond substituents is 1. The van der Waals surface area contributed by atoms with Gasteiger partial charge in [0.05, 0.1) is 30.4 Å². The molecule has 50 heavy (non-hydrogen) atoms. The number of phenols is 1. The minimum Gasteiger partial charge on any atom is -0.507 e. The van der Waals surface area contributed by atoms with Gasteiger partial charge in [-0.25, -0.2) is 4.98 Å². The summed E-state index contributed by atoms with van der Waals surface area (Å²) in [5, 5.41) is 13.4. The number of aromatic hydroxyl groups is 1. The molecule has 0 aliphatic heterocycles. The van der Waals surface area contributed by atoms with Crippen LogP contribution in [-0.4, -0.2) is 27.7 Å². The van der Waals surface area contributed by atoms with Crippen molar-refractivity contribution in [2.75, 3.05) is 0 Å². The van der Waals surface area contributed by atoms with Gasteiger partial charge < -0.3 is 5.11 Å². The number of benzene rings is 4. The number of hydrogen-bond donors (Lipinski definition) is 1. The zero-order chi connectivity index (χ0) is 36.2. The molecule has 0 aliphatic carbocycles. The number of hydrogen-bond acceptors (Lipinski definition) is 3. The summed E-state index contributed by atoms with van der Waals surface area (Å²) in [4.78, 5) is 10.5. The maximum absolute atomic E-state index is 12.0. The summed E-state index contributed by atoms with van der Waals surface area (Å²) in [7, 11) is -1.55. The van der Waals surface area contributed by atoms with Crippen molar-refractivity contribution in [3.63, 3.8) is 0 Å². The maximum atomic E-state index is 12.0. The normalized spacial score (nSPS) is 12.6. The number of nitrogens with zero attached hydrogens (tertiary/aromatic N) is 3. The number of rotatable bonds is 7. The third kappa shape index (κ3) is 6.93. The summed E-state index contributed by atoms with van der Waals surface area (Å²) in [5.74, 6) is 1.58. The smallest absolute Gasteiger partial charge is 0.149 e. The molecule has 0 aliphatic rings. The number of fused-ring (bicyclic) bond motifs is 1. The van der Waals surface area contributed by atoms with Crippen LogP contribution in [0.3, 0.4) is 0 Å². The Bertz CT molecular complexity index is 2170. The molecule has 258 valence electrons. The Kier molecular flexibility index (Phi) is 9.19. The van der Waals surface area contributed by atoms with Crippen molar-refractivity contribution in [3.8, 4) is 45.2 Å². The van der Waals surface area contributed by atoms with E-state index in [9.17, 15) is 5.11 Å². The number of imidazole rings is 1. The van der Waals surface area contributed by atoms with Crippen molar-refractivity contribution in [3.05, 3.63) is 114 Å². The largest absolute Gasteiger partial charge is 0.507 e. The molecular formula is C45H53N3OSi. The van der Waals surface area contributed by atoms with Crippen molar-refractivity contribution < 1.29 is 5.11 Å². The van der Waals surface area contributed by atoms with E-state index in [0.717, 1.165) is 62.5 Å². The molecule has 2 aromatic heterocycles. The zero-order valence-electron chi connectivity index (χ0n) is 31.8. The zero-order valence-corrected chi connectivity index (χ0v) is 32.8. The van der Waals surface area contributed by atoms with Gasteiger partial charge in [0.25, 0.3) is 0 Å². The van der Waals surface area contributed by atoms with Crippen molar-refractivity contribution in [2.24, 2.45) is 5.92 Å². The highest BCUT2D eigenvalue weighted by Crippen LogP contribution is 2.44. The van der Waals surface area contributed by atoms with Crippen LogP contribution in [0.5, 0.6) is 5.75 Å². The van der Waals surface area contributed by atoms with Crippen molar-refractivity contribution in [1.82, 2.24) is 14.5 Å². The SMILES string of the molecule is CC(C)Cc1cc(-c2cccc(-c3cccc4c3nc(-c3cc(C(C)(C)C)cc(C(C)(C)C)c3O)n4-c3ccccc3)c2)ncc1[Si](C)(C)C. The van der Waals surface area contributed by atoms with E-state index in [2.05, 4.69) is 171 Å². The standard InChI is InChI=1S/C45H53N3OSi/c1-29(2)23-32-25-38(46-28-40(32)50(9,10)11)31-18-15-17-30(24-31)35-21-16-22-39-41(35)47-43(48(39)34-19-13-12-14-20-34)36-26-33(44(3,4)5)27-37(42(36)49)45(6,7)8/h12-22,24-29,49H,23H2,1-11H3. The van der Waals surface area contributed by atoms with Gasteiger partial charge in [-0.05, 0) is 81.4 Å². The fourth-order valence-electron chi connectivity index (χ4n) is 6.95. The van der Waals surface area contributed by atoms with Crippen LogP contribution in [0.1, 0.15) is 72.1 Å². The molecule has 0 fully saturated rings. The molecule has 4 aromatic carbocycles. The Morgan fingerprint density at radius 1 is 0.740 bits per heavy atom. The lowest BCUT2D eigenvalue weighted by molar-refractivity contribution is 0.446. The summed E-state index contributed by atoms with van der Waals surface area (Å²) in [6.45, 7) is 24.9. The highest BCUT2D eigenvalue weighted by Gasteiger charge is 2.29. The molecule has 2 heterocycles. The summed E-state index contributed by atoms with van der Waals surface area (Å²) in [5.41, 5.74) is 11.0. The first-order chi connectivity index (χ1) is 23.4. The maximum Gasteiger partial charge on any atom is 0.149 e. The van der Waals surface area contributed by atoms with Crippen LogP contribution in [0.25, 0.3) is 50.5 Å².